The highest BCUT2D eigenvalue weighted by atomic mass is 32.1. The minimum absolute atomic E-state index is 0.136. The van der Waals surface area contributed by atoms with E-state index in [1.807, 2.05) is 72.6 Å². The van der Waals surface area contributed by atoms with E-state index in [0.29, 0.717) is 17.2 Å². The van der Waals surface area contributed by atoms with E-state index in [0.717, 1.165) is 33.8 Å². The second-order valence-corrected chi connectivity index (χ2v) is 9.94. The zero-order valence-electron chi connectivity index (χ0n) is 19.8. The smallest absolute Gasteiger partial charge is 0.274 e. The third-order valence-electron chi connectivity index (χ3n) is 6.12. The molecule has 0 saturated heterocycles. The van der Waals surface area contributed by atoms with Gasteiger partial charge in [0.2, 0.25) is 0 Å². The van der Waals surface area contributed by atoms with Crippen molar-refractivity contribution in [2.24, 2.45) is 0 Å². The van der Waals surface area contributed by atoms with Gasteiger partial charge in [-0.15, -0.1) is 0 Å². The fourth-order valence-electron chi connectivity index (χ4n) is 3.97. The van der Waals surface area contributed by atoms with E-state index in [2.05, 4.69) is 4.98 Å². The van der Waals surface area contributed by atoms with Crippen LogP contribution in [0.15, 0.2) is 53.4 Å². The molecular weight excluding hydrogens is 448 g/mol. The van der Waals surface area contributed by atoms with Gasteiger partial charge in [-0.3, -0.25) is 9.78 Å². The molecule has 3 aromatic heterocycles. The summed E-state index contributed by atoms with van der Waals surface area (Å²) >= 11 is 1.58. The van der Waals surface area contributed by atoms with E-state index in [1.165, 1.54) is 0 Å². The number of benzene rings is 1. The molecule has 0 fully saturated rings. The number of aromatic nitrogens is 3. The Bertz CT molecular complexity index is 1360. The summed E-state index contributed by atoms with van der Waals surface area (Å²) in [4.78, 5) is 19.7. The van der Waals surface area contributed by atoms with Crippen molar-refractivity contribution in [1.82, 2.24) is 19.7 Å². The van der Waals surface area contributed by atoms with Crippen LogP contribution in [0.2, 0.25) is 0 Å². The van der Waals surface area contributed by atoms with Crippen molar-refractivity contribution in [2.75, 3.05) is 14.2 Å². The average molecular weight is 475 g/mol. The molecule has 5 rings (SSSR count). The van der Waals surface area contributed by atoms with E-state index in [1.54, 1.807) is 36.6 Å². The first-order chi connectivity index (χ1) is 16.3. The lowest BCUT2D eigenvalue weighted by atomic mass is 9.97. The highest BCUT2D eigenvalue weighted by Gasteiger charge is 2.34. The van der Waals surface area contributed by atoms with Crippen molar-refractivity contribution < 1.29 is 14.3 Å². The van der Waals surface area contributed by atoms with Crippen molar-refractivity contribution in [3.8, 4) is 39.7 Å². The van der Waals surface area contributed by atoms with Gasteiger partial charge in [0.15, 0.2) is 5.69 Å². The highest BCUT2D eigenvalue weighted by Crippen LogP contribution is 2.46. The standard InChI is InChI=1S/C26H26N4O3S/c1-26(2,3)29(4)25(31)23-19-14-33-22-13-21(32-5)17(20-8-6-7-10-27-20)12-18(22)24(19)30(28-23)16-9-11-34-15-16/h6-13,15H,14H2,1-5H3. The van der Waals surface area contributed by atoms with Gasteiger partial charge in [-0.1, -0.05) is 6.07 Å². The van der Waals surface area contributed by atoms with Crippen LogP contribution >= 0.6 is 11.3 Å². The molecule has 0 radical (unpaired) electrons. The van der Waals surface area contributed by atoms with Crippen LogP contribution in [0.3, 0.4) is 0 Å². The second kappa shape index (κ2) is 8.29. The molecule has 8 heteroatoms. The van der Waals surface area contributed by atoms with Crippen molar-refractivity contribution in [1.29, 1.82) is 0 Å². The number of rotatable bonds is 4. The lowest BCUT2D eigenvalue weighted by Crippen LogP contribution is -2.43. The molecule has 0 aliphatic carbocycles. The summed E-state index contributed by atoms with van der Waals surface area (Å²) in [5, 5.41) is 8.84. The molecular formula is C26H26N4O3S. The molecule has 0 unspecified atom stereocenters. The molecule has 1 aromatic carbocycles. The van der Waals surface area contributed by atoms with Gasteiger partial charge in [0.1, 0.15) is 18.1 Å². The number of amides is 1. The summed E-state index contributed by atoms with van der Waals surface area (Å²) in [6, 6.07) is 11.7. The van der Waals surface area contributed by atoms with Crippen LogP contribution < -0.4 is 9.47 Å². The zero-order chi connectivity index (χ0) is 24.0. The first-order valence-electron chi connectivity index (χ1n) is 11.0. The first kappa shape index (κ1) is 22.2. The lowest BCUT2D eigenvalue weighted by molar-refractivity contribution is 0.0646. The number of thiophene rings is 1. The summed E-state index contributed by atoms with van der Waals surface area (Å²) in [5.74, 6) is 1.22. The van der Waals surface area contributed by atoms with Gasteiger partial charge in [-0.05, 0) is 50.4 Å². The topological polar surface area (TPSA) is 69.5 Å². The molecule has 0 atom stereocenters. The number of pyridine rings is 1. The summed E-state index contributed by atoms with van der Waals surface area (Å²) in [6.45, 7) is 6.26. The lowest BCUT2D eigenvalue weighted by Gasteiger charge is -2.31. The molecule has 1 amide bonds. The quantitative estimate of drug-likeness (QED) is 0.394. The van der Waals surface area contributed by atoms with Crippen LogP contribution in [0.25, 0.3) is 28.2 Å². The van der Waals surface area contributed by atoms with Gasteiger partial charge >= 0.3 is 0 Å². The summed E-state index contributed by atoms with van der Waals surface area (Å²) < 4.78 is 13.7. The summed E-state index contributed by atoms with van der Waals surface area (Å²) in [5.41, 5.74) is 5.07. The maximum absolute atomic E-state index is 13.5. The van der Waals surface area contributed by atoms with Crippen LogP contribution in [0, 0.1) is 0 Å². The number of hydrogen-bond acceptors (Lipinski definition) is 6. The van der Waals surface area contributed by atoms with Gasteiger partial charge in [0.05, 0.1) is 24.2 Å². The van der Waals surface area contributed by atoms with Gasteiger partial charge in [-0.25, -0.2) is 4.68 Å². The van der Waals surface area contributed by atoms with Gasteiger partial charge in [-0.2, -0.15) is 16.4 Å². The van der Waals surface area contributed by atoms with E-state index in [4.69, 9.17) is 14.6 Å². The van der Waals surface area contributed by atoms with E-state index in [9.17, 15) is 4.79 Å². The molecule has 34 heavy (non-hydrogen) atoms. The molecule has 4 heterocycles. The number of carbonyl (C=O) groups is 1. The monoisotopic (exact) mass is 474 g/mol. The molecule has 174 valence electrons. The van der Waals surface area contributed by atoms with Gasteiger partial charge in [0.25, 0.3) is 5.91 Å². The third kappa shape index (κ3) is 3.64. The Morgan fingerprint density at radius 1 is 1.21 bits per heavy atom. The van der Waals surface area contributed by atoms with Crippen LogP contribution in [0.4, 0.5) is 0 Å². The molecule has 7 nitrogen and oxygen atoms in total. The van der Waals surface area contributed by atoms with E-state index in [-0.39, 0.29) is 18.1 Å². The fourth-order valence-corrected chi connectivity index (χ4v) is 4.58. The maximum atomic E-state index is 13.5. The Morgan fingerprint density at radius 3 is 2.68 bits per heavy atom. The Balaban J connectivity index is 1.75. The highest BCUT2D eigenvalue weighted by molar-refractivity contribution is 7.08. The molecule has 1 aliphatic rings. The Kier molecular flexibility index (Phi) is 5.40. The third-order valence-corrected chi connectivity index (χ3v) is 6.79. The van der Waals surface area contributed by atoms with Crippen LogP contribution in [-0.4, -0.2) is 45.3 Å². The normalized spacial score (nSPS) is 12.5. The first-order valence-corrected chi connectivity index (χ1v) is 11.9. The summed E-state index contributed by atoms with van der Waals surface area (Å²) in [7, 11) is 3.44. The molecule has 0 spiro atoms. The maximum Gasteiger partial charge on any atom is 0.274 e. The van der Waals surface area contributed by atoms with Crippen LogP contribution in [0.1, 0.15) is 36.8 Å². The second-order valence-electron chi connectivity index (χ2n) is 9.16. The predicted molar refractivity (Wildman–Crippen MR) is 133 cm³/mol. The number of ether oxygens (including phenoxy) is 2. The SMILES string of the molecule is COc1cc2c(cc1-c1ccccn1)-c1c(c(C(=O)N(C)C(C)(C)C)nn1-c1ccsc1)CO2. The molecule has 1 aliphatic heterocycles. The van der Waals surface area contributed by atoms with Crippen molar-refractivity contribution in [2.45, 2.75) is 32.9 Å². The van der Waals surface area contributed by atoms with Crippen molar-refractivity contribution >= 4 is 17.2 Å². The number of methoxy groups -OCH3 is 1. The van der Waals surface area contributed by atoms with Crippen molar-refractivity contribution in [3.63, 3.8) is 0 Å². The van der Waals surface area contributed by atoms with Crippen molar-refractivity contribution in [3.05, 3.63) is 64.6 Å². The Morgan fingerprint density at radius 2 is 2.03 bits per heavy atom. The van der Waals surface area contributed by atoms with E-state index >= 15 is 0 Å². The number of nitrogens with zero attached hydrogens (tertiary/aromatic N) is 4. The Hall–Kier alpha value is -3.65. The Labute approximate surface area is 202 Å². The molecule has 0 saturated carbocycles. The van der Waals surface area contributed by atoms with Crippen LogP contribution in [0.5, 0.6) is 11.5 Å². The largest absolute Gasteiger partial charge is 0.496 e. The zero-order valence-corrected chi connectivity index (χ0v) is 20.6. The minimum Gasteiger partial charge on any atom is -0.496 e. The van der Waals surface area contributed by atoms with Crippen LogP contribution in [-0.2, 0) is 6.61 Å². The van der Waals surface area contributed by atoms with Gasteiger partial charge < -0.3 is 14.4 Å². The fraction of sp³-hybridized carbons (Fsp3) is 0.269. The molecule has 0 bridgehead atoms. The number of carbonyl (C=O) groups excluding carboxylic acids is 1. The minimum atomic E-state index is -0.344. The van der Waals surface area contributed by atoms with Gasteiger partial charge in [0, 0.05) is 46.9 Å². The van der Waals surface area contributed by atoms with E-state index < -0.39 is 0 Å². The average Bonchev–Trinajstić information content (AvgIpc) is 3.50. The summed E-state index contributed by atoms with van der Waals surface area (Å²) in [6.07, 6.45) is 1.75. The predicted octanol–water partition coefficient (Wildman–Crippen LogP) is 5.43. The number of fused-ring (bicyclic) bond motifs is 3. The number of hydrogen-bond donors (Lipinski definition) is 0. The molecule has 0 N–H and O–H groups in total. The molecule has 4 aromatic rings.